The van der Waals surface area contributed by atoms with Crippen molar-refractivity contribution < 1.29 is 9.59 Å². The SMILES string of the molecule is Cc1cc(C)cc(CN2CCC(CNC(=O)NC(N)=NCc3cccc4cc(-c5cccc(CN6CCN(C(=O)NC(N)=NCCc7ccccc7)CC6)c5)ccc34)CC2)c1. The number of fused-ring (bicyclic) bond motifs is 1. The van der Waals surface area contributed by atoms with E-state index >= 15 is 0 Å². The fourth-order valence-corrected chi connectivity index (χ4v) is 8.44. The largest absolute Gasteiger partial charge is 0.370 e. The van der Waals surface area contributed by atoms with Crippen LogP contribution < -0.4 is 27.4 Å². The molecule has 0 unspecified atom stereocenters. The molecule has 318 valence electrons. The van der Waals surface area contributed by atoms with Crippen LogP contribution in [0.15, 0.2) is 119 Å². The van der Waals surface area contributed by atoms with Gasteiger partial charge in [-0.1, -0.05) is 108 Å². The third-order valence-corrected chi connectivity index (χ3v) is 11.7. The standard InChI is InChI=1S/C49H60N10O2/c1-35-26-36(2)28-40(27-35)34-57-20-17-38(18-21-57)31-54-48(60)55-47(51)53-32-44-13-7-12-43-30-42(14-15-45(43)44)41-11-6-10-39(29-41)33-58-22-24-59(25-23-58)49(61)56-46(50)52-19-16-37-8-4-3-5-9-37/h3-15,26-30,38H,16-25,31-34H2,1-2H3,(H3,50,52,56,61)(H4,51,53,54,55,60). The zero-order valence-electron chi connectivity index (χ0n) is 35.6. The van der Waals surface area contributed by atoms with Crippen LogP contribution in [0.5, 0.6) is 0 Å². The summed E-state index contributed by atoms with van der Waals surface area (Å²) in [6.45, 7) is 12.4. The Labute approximate surface area is 360 Å². The lowest BCUT2D eigenvalue weighted by molar-refractivity contribution is 0.138. The van der Waals surface area contributed by atoms with Gasteiger partial charge >= 0.3 is 12.1 Å². The maximum atomic E-state index is 12.9. The van der Waals surface area contributed by atoms with Crippen molar-refractivity contribution in [1.29, 1.82) is 0 Å². The van der Waals surface area contributed by atoms with Crippen molar-refractivity contribution in [3.8, 4) is 11.1 Å². The van der Waals surface area contributed by atoms with Crippen molar-refractivity contribution >= 4 is 34.8 Å². The molecule has 2 fully saturated rings. The molecule has 0 saturated carbocycles. The van der Waals surface area contributed by atoms with Gasteiger partial charge in [0.2, 0.25) is 0 Å². The minimum absolute atomic E-state index is 0.0974. The number of carbonyl (C=O) groups is 2. The van der Waals surface area contributed by atoms with E-state index in [0.29, 0.717) is 38.6 Å². The summed E-state index contributed by atoms with van der Waals surface area (Å²) in [5.74, 6) is 0.687. The van der Waals surface area contributed by atoms with Crippen LogP contribution in [0.1, 0.15) is 46.2 Å². The Morgan fingerprint density at radius 3 is 2.10 bits per heavy atom. The molecular weight excluding hydrogens is 761 g/mol. The number of rotatable bonds is 12. The Kier molecular flexibility index (Phi) is 14.6. The Hall–Kier alpha value is -6.24. The first-order valence-corrected chi connectivity index (χ1v) is 21.5. The number of piperazine rings is 1. The third kappa shape index (κ3) is 12.6. The van der Waals surface area contributed by atoms with E-state index in [0.717, 1.165) is 86.0 Å². The Bertz CT molecular complexity index is 2310. The van der Waals surface area contributed by atoms with Crippen molar-refractivity contribution in [2.24, 2.45) is 27.4 Å². The topological polar surface area (TPSA) is 157 Å². The summed E-state index contributed by atoms with van der Waals surface area (Å²) < 4.78 is 0. The molecule has 5 aromatic rings. The van der Waals surface area contributed by atoms with Gasteiger partial charge in [0.05, 0.1) is 6.54 Å². The fraction of sp³-hybridized carbons (Fsp3) is 0.347. The lowest BCUT2D eigenvalue weighted by atomic mass is 9.96. The van der Waals surface area contributed by atoms with Gasteiger partial charge in [0.25, 0.3) is 0 Å². The number of nitrogens with two attached hydrogens (primary N) is 2. The monoisotopic (exact) mass is 820 g/mol. The highest BCUT2D eigenvalue weighted by molar-refractivity contribution is 5.96. The highest BCUT2D eigenvalue weighted by Gasteiger charge is 2.22. The van der Waals surface area contributed by atoms with Gasteiger partial charge in [-0.3, -0.25) is 25.4 Å². The summed E-state index contributed by atoms with van der Waals surface area (Å²) in [4.78, 5) is 41.1. The lowest BCUT2D eigenvalue weighted by Gasteiger charge is -2.34. The number of benzene rings is 5. The Morgan fingerprint density at radius 2 is 1.33 bits per heavy atom. The molecule has 7 rings (SSSR count). The van der Waals surface area contributed by atoms with Crippen LogP contribution in [0.3, 0.4) is 0 Å². The van der Waals surface area contributed by atoms with E-state index in [-0.39, 0.29) is 24.0 Å². The van der Waals surface area contributed by atoms with E-state index < -0.39 is 0 Å². The van der Waals surface area contributed by atoms with E-state index in [2.05, 4.69) is 128 Å². The molecule has 2 aliphatic heterocycles. The van der Waals surface area contributed by atoms with Crippen molar-refractivity contribution in [3.63, 3.8) is 0 Å². The number of carbonyl (C=O) groups excluding carboxylic acids is 2. The van der Waals surface area contributed by atoms with Gasteiger partial charge in [0.15, 0.2) is 11.9 Å². The molecule has 2 heterocycles. The van der Waals surface area contributed by atoms with E-state index in [9.17, 15) is 9.59 Å². The predicted molar refractivity (Wildman–Crippen MR) is 247 cm³/mol. The Balaban J connectivity index is 0.845. The Morgan fingerprint density at radius 1 is 0.656 bits per heavy atom. The van der Waals surface area contributed by atoms with Gasteiger partial charge < -0.3 is 21.7 Å². The van der Waals surface area contributed by atoms with Crippen molar-refractivity contribution in [2.45, 2.75) is 52.7 Å². The van der Waals surface area contributed by atoms with E-state index in [1.165, 1.54) is 27.8 Å². The van der Waals surface area contributed by atoms with Crippen LogP contribution in [-0.2, 0) is 26.1 Å². The lowest BCUT2D eigenvalue weighted by Crippen LogP contribution is -2.53. The molecule has 0 radical (unpaired) electrons. The number of likely N-dealkylation sites (tertiary alicyclic amines) is 1. The first-order valence-electron chi connectivity index (χ1n) is 21.5. The average Bonchev–Trinajstić information content (AvgIpc) is 3.25. The molecule has 7 N–H and O–H groups in total. The number of guanidine groups is 2. The number of amides is 4. The molecule has 61 heavy (non-hydrogen) atoms. The maximum Gasteiger partial charge on any atom is 0.324 e. The smallest absolute Gasteiger partial charge is 0.324 e. The average molecular weight is 821 g/mol. The van der Waals surface area contributed by atoms with Gasteiger partial charge in [-0.15, -0.1) is 0 Å². The van der Waals surface area contributed by atoms with Crippen LogP contribution in [0, 0.1) is 19.8 Å². The second-order valence-electron chi connectivity index (χ2n) is 16.5. The number of hydrogen-bond donors (Lipinski definition) is 5. The fourth-order valence-electron chi connectivity index (χ4n) is 8.44. The number of urea groups is 2. The van der Waals surface area contributed by atoms with Crippen LogP contribution in [0.25, 0.3) is 21.9 Å². The second-order valence-corrected chi connectivity index (χ2v) is 16.5. The molecule has 0 bridgehead atoms. The molecule has 5 aromatic carbocycles. The van der Waals surface area contributed by atoms with Crippen molar-refractivity contribution in [3.05, 3.63) is 143 Å². The van der Waals surface area contributed by atoms with Gasteiger partial charge in [0, 0.05) is 52.4 Å². The molecule has 12 heteroatoms. The van der Waals surface area contributed by atoms with Gasteiger partial charge in [-0.05, 0) is 108 Å². The molecule has 2 saturated heterocycles. The summed E-state index contributed by atoms with van der Waals surface area (Å²) in [6.07, 6.45) is 2.87. The molecule has 0 aromatic heterocycles. The van der Waals surface area contributed by atoms with E-state index in [1.54, 1.807) is 4.90 Å². The number of aryl methyl sites for hydroxylation is 2. The molecule has 0 atom stereocenters. The zero-order valence-corrected chi connectivity index (χ0v) is 35.6. The van der Waals surface area contributed by atoms with Gasteiger partial charge in [0.1, 0.15) is 0 Å². The summed E-state index contributed by atoms with van der Waals surface area (Å²) in [5.41, 5.74) is 21.9. The second kappa shape index (κ2) is 20.8. The first kappa shape index (κ1) is 42.9. The van der Waals surface area contributed by atoms with Crippen LogP contribution in [-0.4, -0.2) is 91.0 Å². The normalized spacial score (nSPS) is 15.8. The number of nitrogens with zero attached hydrogens (tertiary/aromatic N) is 5. The van der Waals surface area contributed by atoms with E-state index in [1.807, 2.05) is 30.3 Å². The first-order chi connectivity index (χ1) is 29.6. The molecule has 4 amide bonds. The number of hydrogen-bond acceptors (Lipinski definition) is 6. The molecule has 2 aliphatic rings. The van der Waals surface area contributed by atoms with Gasteiger partial charge in [-0.25, -0.2) is 14.6 Å². The van der Waals surface area contributed by atoms with E-state index in [4.69, 9.17) is 11.5 Å². The summed E-state index contributed by atoms with van der Waals surface area (Å²) in [5, 5.41) is 10.7. The number of piperidine rings is 1. The summed E-state index contributed by atoms with van der Waals surface area (Å²) in [7, 11) is 0. The zero-order chi connectivity index (χ0) is 42.6. The van der Waals surface area contributed by atoms with Crippen molar-refractivity contribution in [1.82, 2.24) is 30.7 Å². The molecular formula is C49H60N10O2. The highest BCUT2D eigenvalue weighted by atomic mass is 16.2. The van der Waals surface area contributed by atoms with Crippen LogP contribution in [0.4, 0.5) is 9.59 Å². The molecule has 0 spiro atoms. The van der Waals surface area contributed by atoms with Crippen LogP contribution in [0.2, 0.25) is 0 Å². The number of aliphatic imine (C=N–C) groups is 2. The molecule has 0 aliphatic carbocycles. The minimum atomic E-state index is -0.323. The van der Waals surface area contributed by atoms with Crippen molar-refractivity contribution in [2.75, 3.05) is 52.4 Å². The summed E-state index contributed by atoms with van der Waals surface area (Å²) in [6, 6.07) is 37.6. The highest BCUT2D eigenvalue weighted by Crippen LogP contribution is 2.28. The predicted octanol–water partition coefficient (Wildman–Crippen LogP) is 6.53. The quantitative estimate of drug-likeness (QED) is 0.0712. The maximum absolute atomic E-state index is 12.9. The molecule has 12 nitrogen and oxygen atoms in total. The summed E-state index contributed by atoms with van der Waals surface area (Å²) >= 11 is 0. The number of nitrogens with one attached hydrogen (secondary N) is 3. The van der Waals surface area contributed by atoms with Crippen LogP contribution >= 0.6 is 0 Å². The van der Waals surface area contributed by atoms with Gasteiger partial charge in [-0.2, -0.15) is 0 Å². The minimum Gasteiger partial charge on any atom is -0.370 e. The third-order valence-electron chi connectivity index (χ3n) is 11.7.